The molecule has 94 valence electrons. The van der Waals surface area contributed by atoms with Gasteiger partial charge in [-0.1, -0.05) is 13.8 Å². The first kappa shape index (κ1) is 11.9. The van der Waals surface area contributed by atoms with Crippen molar-refractivity contribution in [3.05, 3.63) is 29.8 Å². The maximum atomic E-state index is 11.7. The first-order valence-electron chi connectivity index (χ1n) is 6.38. The largest absolute Gasteiger partial charge is 0.461 e. The maximum absolute atomic E-state index is 11.7. The third kappa shape index (κ3) is 4.44. The van der Waals surface area contributed by atoms with Gasteiger partial charge in [-0.3, -0.25) is 0 Å². The molecule has 0 saturated heterocycles. The summed E-state index contributed by atoms with van der Waals surface area (Å²) >= 11 is 0. The summed E-state index contributed by atoms with van der Waals surface area (Å²) in [6.07, 6.45) is 0. The lowest BCUT2D eigenvalue weighted by atomic mass is 10.2. The van der Waals surface area contributed by atoms with E-state index in [-0.39, 0.29) is 5.97 Å². The Hall–Kier alpha value is -1.55. The number of carbonyl (C=O) groups excluding carboxylic acids is 1. The van der Waals surface area contributed by atoms with E-state index >= 15 is 0 Å². The fourth-order valence-corrected chi connectivity index (χ4v) is 1.50. The summed E-state index contributed by atoms with van der Waals surface area (Å²) in [4.78, 5) is 13.9. The lowest BCUT2D eigenvalue weighted by molar-refractivity contribution is 0.0466. The Morgan fingerprint density at radius 2 is 2.00 bits per heavy atom. The number of hydrogen-bond donors (Lipinski definition) is 1. The maximum Gasteiger partial charge on any atom is 0.338 e. The molecule has 0 radical (unpaired) electrons. The molecule has 2 N–H and O–H groups in total. The van der Waals surface area contributed by atoms with Crippen LogP contribution in [0.25, 0.3) is 0 Å². The predicted molar refractivity (Wildman–Crippen MR) is 68.9 cm³/mol. The summed E-state index contributed by atoms with van der Waals surface area (Å²) in [5.41, 5.74) is 3.41. The number of likely N-dealkylation sites (N-methyl/N-ethyl adjacent to an activating group) is 1. The van der Waals surface area contributed by atoms with Crippen LogP contribution in [0.5, 0.6) is 0 Å². The van der Waals surface area contributed by atoms with Crippen LogP contribution in [0.15, 0.2) is 24.3 Å². The Morgan fingerprint density at radius 1 is 1.35 bits per heavy atom. The summed E-state index contributed by atoms with van der Waals surface area (Å²) in [6.45, 7) is 7.23. The molecular formula is C13H20N2O2. The Labute approximate surface area is 104 Å². The molecule has 4 nitrogen and oxygen atoms in total. The second kappa shape index (κ2) is 6.91. The Balaban J connectivity index is 2.40. The first-order chi connectivity index (χ1) is 8.71. The van der Waals surface area contributed by atoms with Crippen molar-refractivity contribution in [3.8, 4) is 0 Å². The number of nitrogens with two attached hydrogens (primary N) is 1. The molecule has 1 aromatic rings. The number of benzene rings is 1. The fraction of sp³-hybridized carbons (Fsp3) is 0.462. The number of nitrogen functional groups attached to an aromatic ring is 1. The SMILES string of the molecule is [2H]Nc1ccc(C(=O)OCCN(CC)CC)cc1. The average Bonchev–Trinajstić information content (AvgIpc) is 2.43. The van der Waals surface area contributed by atoms with Crippen molar-refractivity contribution < 1.29 is 10.9 Å². The molecule has 0 aliphatic rings. The molecular weight excluding hydrogens is 216 g/mol. The molecule has 0 amide bonds. The predicted octanol–water partition coefficient (Wildman–Crippen LogP) is 1.77. The van der Waals surface area contributed by atoms with Crippen LogP contribution in [0.2, 0.25) is 1.41 Å². The van der Waals surface area contributed by atoms with Gasteiger partial charge in [0, 0.05) is 12.2 Å². The van der Waals surface area contributed by atoms with Crippen molar-refractivity contribution >= 4 is 11.7 Å². The van der Waals surface area contributed by atoms with E-state index in [1.807, 2.05) is 0 Å². The van der Waals surface area contributed by atoms with Crippen LogP contribution in [0.1, 0.15) is 24.2 Å². The van der Waals surface area contributed by atoms with Crippen LogP contribution < -0.4 is 5.73 Å². The van der Waals surface area contributed by atoms with Gasteiger partial charge in [-0.15, -0.1) is 0 Å². The second-order valence-electron chi connectivity index (χ2n) is 3.74. The number of rotatable bonds is 7. The number of nitrogens with zero attached hydrogens (tertiary/aromatic N) is 1. The van der Waals surface area contributed by atoms with Gasteiger partial charge in [0.15, 0.2) is 1.41 Å². The minimum Gasteiger partial charge on any atom is -0.461 e. The van der Waals surface area contributed by atoms with Gasteiger partial charge in [0.1, 0.15) is 6.61 Å². The number of carbonyl (C=O) groups is 1. The number of ether oxygens (including phenoxy) is 1. The molecule has 0 bridgehead atoms. The molecule has 17 heavy (non-hydrogen) atoms. The molecule has 1 rings (SSSR count). The van der Waals surface area contributed by atoms with Crippen LogP contribution in [-0.2, 0) is 4.74 Å². The highest BCUT2D eigenvalue weighted by molar-refractivity contribution is 5.89. The standard InChI is InChI=1S/C13H20N2O2/c1-3-15(4-2)9-10-17-13(16)11-5-7-12(14)8-6-11/h5-8H,3-4,9-10,14H2,1-2H3/i/hD. The van der Waals surface area contributed by atoms with Crippen LogP contribution in [-0.4, -0.2) is 37.1 Å². The van der Waals surface area contributed by atoms with E-state index in [0.717, 1.165) is 19.6 Å². The van der Waals surface area contributed by atoms with E-state index in [1.165, 1.54) is 0 Å². The van der Waals surface area contributed by atoms with Crippen molar-refractivity contribution in [2.24, 2.45) is 0 Å². The third-order valence-corrected chi connectivity index (χ3v) is 2.66. The minimum atomic E-state index is -0.321. The van der Waals surface area contributed by atoms with E-state index in [1.54, 1.807) is 24.3 Å². The molecule has 0 spiro atoms. The van der Waals surface area contributed by atoms with Gasteiger partial charge in [0.05, 0.1) is 5.56 Å². The summed E-state index contributed by atoms with van der Waals surface area (Å²) in [7, 11) is 0. The Kier molecular flexibility index (Phi) is 4.85. The number of esters is 1. The highest BCUT2D eigenvalue weighted by atomic mass is 16.5. The smallest absolute Gasteiger partial charge is 0.338 e. The monoisotopic (exact) mass is 237 g/mol. The summed E-state index contributed by atoms with van der Waals surface area (Å²) in [5, 5.41) is 0. The fourth-order valence-electron chi connectivity index (χ4n) is 1.50. The minimum absolute atomic E-state index is 0.321. The molecule has 0 atom stereocenters. The zero-order valence-electron chi connectivity index (χ0n) is 11.4. The van der Waals surface area contributed by atoms with E-state index in [9.17, 15) is 4.79 Å². The summed E-state index contributed by atoms with van der Waals surface area (Å²) in [5.74, 6) is -0.321. The van der Waals surface area contributed by atoms with Gasteiger partial charge in [0.2, 0.25) is 0 Å². The lowest BCUT2D eigenvalue weighted by Gasteiger charge is -2.17. The quantitative estimate of drug-likeness (QED) is 0.580. The van der Waals surface area contributed by atoms with Crippen molar-refractivity contribution in [3.63, 3.8) is 0 Å². The molecule has 0 aromatic heterocycles. The molecule has 0 fully saturated rings. The van der Waals surface area contributed by atoms with Gasteiger partial charge in [0.25, 0.3) is 0 Å². The molecule has 1 aromatic carbocycles. The molecule has 0 unspecified atom stereocenters. The van der Waals surface area contributed by atoms with Gasteiger partial charge >= 0.3 is 5.97 Å². The molecule has 0 aliphatic heterocycles. The topological polar surface area (TPSA) is 55.6 Å². The van der Waals surface area contributed by atoms with E-state index in [2.05, 4.69) is 24.5 Å². The highest BCUT2D eigenvalue weighted by Gasteiger charge is 2.07. The average molecular weight is 237 g/mol. The summed E-state index contributed by atoms with van der Waals surface area (Å²) in [6, 6.07) is 6.65. The zero-order valence-corrected chi connectivity index (χ0v) is 10.4. The lowest BCUT2D eigenvalue weighted by Crippen LogP contribution is -2.27. The molecule has 0 aliphatic carbocycles. The van der Waals surface area contributed by atoms with Crippen LogP contribution in [0.3, 0.4) is 0 Å². The van der Waals surface area contributed by atoms with Crippen LogP contribution in [0.4, 0.5) is 5.69 Å². The third-order valence-electron chi connectivity index (χ3n) is 2.66. The van der Waals surface area contributed by atoms with E-state index in [0.29, 0.717) is 17.9 Å². The van der Waals surface area contributed by atoms with Crippen LogP contribution >= 0.6 is 0 Å². The van der Waals surface area contributed by atoms with Crippen LogP contribution in [0, 0.1) is 0 Å². The van der Waals surface area contributed by atoms with Gasteiger partial charge in [-0.25, -0.2) is 4.79 Å². The highest BCUT2D eigenvalue weighted by Crippen LogP contribution is 2.06. The van der Waals surface area contributed by atoms with Gasteiger partial charge < -0.3 is 15.4 Å². The number of hydrogen-bond acceptors (Lipinski definition) is 4. The van der Waals surface area contributed by atoms with Crippen molar-refractivity contribution in [1.29, 1.82) is 0 Å². The van der Waals surface area contributed by atoms with Crippen molar-refractivity contribution in [2.75, 3.05) is 32.0 Å². The Morgan fingerprint density at radius 3 is 2.53 bits per heavy atom. The van der Waals surface area contributed by atoms with Gasteiger partial charge in [-0.2, -0.15) is 0 Å². The van der Waals surface area contributed by atoms with E-state index in [4.69, 9.17) is 6.15 Å². The van der Waals surface area contributed by atoms with Crippen molar-refractivity contribution in [1.82, 2.24) is 4.90 Å². The van der Waals surface area contributed by atoms with Gasteiger partial charge in [-0.05, 0) is 37.4 Å². The normalized spacial score (nSPS) is 11.1. The molecule has 0 saturated carbocycles. The zero-order chi connectivity index (χ0) is 13.4. The molecule has 4 heteroatoms. The molecule has 0 heterocycles. The van der Waals surface area contributed by atoms with E-state index < -0.39 is 0 Å². The first-order valence-corrected chi connectivity index (χ1v) is 5.88. The Bertz CT molecular complexity index is 364. The van der Waals surface area contributed by atoms with Crippen molar-refractivity contribution in [2.45, 2.75) is 13.8 Å². The summed E-state index contributed by atoms with van der Waals surface area (Å²) < 4.78 is 12.1. The number of anilines is 1. The second-order valence-corrected chi connectivity index (χ2v) is 3.74.